The lowest BCUT2D eigenvalue weighted by Gasteiger charge is -2.38. The second kappa shape index (κ2) is 5.65. The van der Waals surface area contributed by atoms with E-state index in [1.54, 1.807) is 18.2 Å². The monoisotopic (exact) mass is 294 g/mol. The summed E-state index contributed by atoms with van der Waals surface area (Å²) in [6.45, 7) is 8.43. The van der Waals surface area contributed by atoms with E-state index < -0.39 is 0 Å². The normalized spacial score (nSPS) is 17.3. The van der Waals surface area contributed by atoms with Gasteiger partial charge < -0.3 is 10.6 Å². The highest BCUT2D eigenvalue weighted by atomic mass is 35.5. The molecular formula is C16H23ClN2O. The van der Waals surface area contributed by atoms with E-state index in [-0.39, 0.29) is 5.91 Å². The number of carbonyl (C=O) groups is 1. The second-order valence-corrected chi connectivity index (χ2v) is 7.10. The zero-order valence-corrected chi connectivity index (χ0v) is 13.2. The number of rotatable bonds is 1. The van der Waals surface area contributed by atoms with E-state index in [4.69, 9.17) is 17.3 Å². The molecule has 0 radical (unpaired) electrons. The Bertz CT molecular complexity index is 500. The van der Waals surface area contributed by atoms with Gasteiger partial charge in [-0.1, -0.05) is 32.4 Å². The largest absolute Gasteiger partial charge is 0.398 e. The highest BCUT2D eigenvalue weighted by Crippen LogP contribution is 2.34. The Labute approximate surface area is 126 Å². The molecule has 0 saturated carbocycles. The van der Waals surface area contributed by atoms with Crippen molar-refractivity contribution in [1.82, 2.24) is 4.90 Å². The standard InChI is InChI=1S/C16H23ClN2O/c1-16(2,3)11-6-8-19(9-7-11)15(20)13-5-4-12(17)10-14(13)18/h4-5,10-11H,6-9,18H2,1-3H3. The quantitative estimate of drug-likeness (QED) is 0.800. The Morgan fingerprint density at radius 3 is 2.40 bits per heavy atom. The van der Waals surface area contributed by atoms with Crippen LogP contribution in [-0.4, -0.2) is 23.9 Å². The Morgan fingerprint density at radius 2 is 1.90 bits per heavy atom. The molecule has 0 atom stereocenters. The van der Waals surface area contributed by atoms with Gasteiger partial charge in [0.2, 0.25) is 0 Å². The van der Waals surface area contributed by atoms with Crippen LogP contribution in [0.15, 0.2) is 18.2 Å². The first kappa shape index (κ1) is 15.2. The van der Waals surface area contributed by atoms with Crippen LogP contribution in [0.4, 0.5) is 5.69 Å². The third-order valence-electron chi connectivity index (χ3n) is 4.25. The summed E-state index contributed by atoms with van der Waals surface area (Å²) in [5, 5.41) is 0.561. The maximum Gasteiger partial charge on any atom is 0.255 e. The van der Waals surface area contributed by atoms with Gasteiger partial charge in [-0.15, -0.1) is 0 Å². The topological polar surface area (TPSA) is 46.3 Å². The van der Waals surface area contributed by atoms with Crippen LogP contribution in [0, 0.1) is 11.3 Å². The number of halogens is 1. The molecule has 0 aliphatic carbocycles. The van der Waals surface area contributed by atoms with Gasteiger partial charge in [-0.05, 0) is 42.4 Å². The SMILES string of the molecule is CC(C)(C)C1CCN(C(=O)c2ccc(Cl)cc2N)CC1. The lowest BCUT2D eigenvalue weighted by atomic mass is 9.75. The van der Waals surface area contributed by atoms with Crippen LogP contribution in [0.1, 0.15) is 44.0 Å². The number of anilines is 1. The van der Waals surface area contributed by atoms with Crippen LogP contribution in [0.2, 0.25) is 5.02 Å². The van der Waals surface area contributed by atoms with Crippen LogP contribution in [0.5, 0.6) is 0 Å². The number of carbonyl (C=O) groups excluding carboxylic acids is 1. The van der Waals surface area contributed by atoms with Gasteiger partial charge in [-0.2, -0.15) is 0 Å². The van der Waals surface area contributed by atoms with E-state index in [1.165, 1.54) is 0 Å². The van der Waals surface area contributed by atoms with Gasteiger partial charge in [0.15, 0.2) is 0 Å². The van der Waals surface area contributed by atoms with Crippen LogP contribution in [0.3, 0.4) is 0 Å². The Hall–Kier alpha value is -1.22. The van der Waals surface area contributed by atoms with Crippen molar-refractivity contribution in [2.24, 2.45) is 11.3 Å². The van der Waals surface area contributed by atoms with Gasteiger partial charge in [0.05, 0.1) is 5.56 Å². The van der Waals surface area contributed by atoms with Crippen molar-refractivity contribution in [3.63, 3.8) is 0 Å². The molecule has 110 valence electrons. The van der Waals surface area contributed by atoms with Gasteiger partial charge in [0.25, 0.3) is 5.91 Å². The number of hydrogen-bond acceptors (Lipinski definition) is 2. The number of hydrogen-bond donors (Lipinski definition) is 1. The average molecular weight is 295 g/mol. The fourth-order valence-electron chi connectivity index (χ4n) is 2.85. The first-order valence-corrected chi connectivity index (χ1v) is 7.51. The summed E-state index contributed by atoms with van der Waals surface area (Å²) in [5.41, 5.74) is 7.23. The van der Waals surface area contributed by atoms with Crippen molar-refractivity contribution in [1.29, 1.82) is 0 Å². The van der Waals surface area contributed by atoms with Gasteiger partial charge in [0, 0.05) is 23.8 Å². The number of nitrogens with two attached hydrogens (primary N) is 1. The third kappa shape index (κ3) is 3.26. The zero-order valence-electron chi connectivity index (χ0n) is 12.4. The van der Waals surface area contributed by atoms with Crippen LogP contribution in [0.25, 0.3) is 0 Å². The molecule has 2 rings (SSSR count). The van der Waals surface area contributed by atoms with E-state index in [0.717, 1.165) is 25.9 Å². The number of benzene rings is 1. The number of piperidine rings is 1. The van der Waals surface area contributed by atoms with E-state index in [9.17, 15) is 4.79 Å². The predicted molar refractivity (Wildman–Crippen MR) is 83.9 cm³/mol. The highest BCUT2D eigenvalue weighted by molar-refractivity contribution is 6.31. The lowest BCUT2D eigenvalue weighted by Crippen LogP contribution is -2.41. The van der Waals surface area contributed by atoms with Crippen molar-refractivity contribution in [2.75, 3.05) is 18.8 Å². The molecule has 3 nitrogen and oxygen atoms in total. The molecule has 1 heterocycles. The number of nitrogens with zero attached hydrogens (tertiary/aromatic N) is 1. The molecule has 1 amide bonds. The molecule has 1 saturated heterocycles. The molecule has 0 unspecified atom stereocenters. The molecule has 1 fully saturated rings. The van der Waals surface area contributed by atoms with Crippen molar-refractivity contribution in [2.45, 2.75) is 33.6 Å². The van der Waals surface area contributed by atoms with E-state index in [2.05, 4.69) is 20.8 Å². The summed E-state index contributed by atoms with van der Waals surface area (Å²) in [6.07, 6.45) is 2.12. The fourth-order valence-corrected chi connectivity index (χ4v) is 3.03. The molecule has 0 aromatic heterocycles. The third-order valence-corrected chi connectivity index (χ3v) is 4.49. The van der Waals surface area contributed by atoms with Crippen molar-refractivity contribution >= 4 is 23.2 Å². The van der Waals surface area contributed by atoms with Crippen molar-refractivity contribution < 1.29 is 4.79 Å². The first-order chi connectivity index (χ1) is 9.29. The minimum absolute atomic E-state index is 0.0199. The van der Waals surface area contributed by atoms with Gasteiger partial charge in [-0.3, -0.25) is 4.79 Å². The summed E-state index contributed by atoms with van der Waals surface area (Å²) in [6, 6.07) is 5.07. The maximum absolute atomic E-state index is 12.5. The molecule has 1 aliphatic heterocycles. The molecule has 4 heteroatoms. The Kier molecular flexibility index (Phi) is 4.28. The van der Waals surface area contributed by atoms with Gasteiger partial charge in [-0.25, -0.2) is 0 Å². The molecule has 20 heavy (non-hydrogen) atoms. The van der Waals surface area contributed by atoms with Crippen LogP contribution >= 0.6 is 11.6 Å². The summed E-state index contributed by atoms with van der Waals surface area (Å²) >= 11 is 5.87. The summed E-state index contributed by atoms with van der Waals surface area (Å²) < 4.78 is 0. The maximum atomic E-state index is 12.5. The summed E-state index contributed by atoms with van der Waals surface area (Å²) in [4.78, 5) is 14.4. The van der Waals surface area contributed by atoms with Crippen LogP contribution < -0.4 is 5.73 Å². The van der Waals surface area contributed by atoms with Crippen molar-refractivity contribution in [3.05, 3.63) is 28.8 Å². The van der Waals surface area contributed by atoms with Gasteiger partial charge >= 0.3 is 0 Å². The van der Waals surface area contributed by atoms with E-state index in [1.807, 2.05) is 4.90 Å². The Morgan fingerprint density at radius 1 is 1.30 bits per heavy atom. The average Bonchev–Trinajstić information content (AvgIpc) is 2.37. The molecule has 0 bridgehead atoms. The van der Waals surface area contributed by atoms with Crippen LogP contribution in [-0.2, 0) is 0 Å². The smallest absolute Gasteiger partial charge is 0.255 e. The second-order valence-electron chi connectivity index (χ2n) is 6.66. The predicted octanol–water partition coefficient (Wildman–Crippen LogP) is 3.82. The molecule has 0 spiro atoms. The minimum atomic E-state index is 0.0199. The van der Waals surface area contributed by atoms with Gasteiger partial charge in [0.1, 0.15) is 0 Å². The zero-order chi connectivity index (χ0) is 14.9. The minimum Gasteiger partial charge on any atom is -0.398 e. The number of nitrogen functional groups attached to an aromatic ring is 1. The van der Waals surface area contributed by atoms with E-state index in [0.29, 0.717) is 27.6 Å². The molecule has 1 aliphatic rings. The fraction of sp³-hybridized carbons (Fsp3) is 0.562. The Balaban J connectivity index is 2.05. The molecular weight excluding hydrogens is 272 g/mol. The highest BCUT2D eigenvalue weighted by Gasteiger charge is 2.31. The first-order valence-electron chi connectivity index (χ1n) is 7.13. The number of likely N-dealkylation sites (tertiary alicyclic amines) is 1. The summed E-state index contributed by atoms with van der Waals surface area (Å²) in [5.74, 6) is 0.695. The van der Waals surface area contributed by atoms with E-state index >= 15 is 0 Å². The lowest BCUT2D eigenvalue weighted by molar-refractivity contribution is 0.0610. The molecule has 1 aromatic rings. The molecule has 1 aromatic carbocycles. The number of amides is 1. The molecule has 2 N–H and O–H groups in total. The summed E-state index contributed by atoms with van der Waals surface area (Å²) in [7, 11) is 0. The van der Waals surface area contributed by atoms with Crippen molar-refractivity contribution in [3.8, 4) is 0 Å².